The maximum atomic E-state index is 13.1. The Morgan fingerprint density at radius 1 is 1.23 bits per heavy atom. The molecule has 0 aliphatic rings. The summed E-state index contributed by atoms with van der Waals surface area (Å²) in [5.74, 6) is -0.498. The molecule has 26 heavy (non-hydrogen) atoms. The summed E-state index contributed by atoms with van der Waals surface area (Å²) in [6.07, 6.45) is 0. The first-order valence-electron chi connectivity index (χ1n) is 7.84. The Morgan fingerprint density at radius 2 is 1.96 bits per heavy atom. The third-order valence-corrected chi connectivity index (χ3v) is 6.55. The molecule has 3 aromatic rings. The molecule has 2 aromatic carbocycles. The first-order valence-corrected chi connectivity index (χ1v) is 10.9. The van der Waals surface area contributed by atoms with Crippen LogP contribution in [0.25, 0.3) is 10.2 Å². The standard InChI is InChI=1S/C17H16BrFN2O3S2/c1-2-24-10-9-21-15-8-3-12(18)11-16(15)25-17(21)20-26(22,23)14-6-4-13(19)5-7-14/h3-8,11H,2,9-10H2,1H3. The smallest absolute Gasteiger partial charge is 0.285 e. The summed E-state index contributed by atoms with van der Waals surface area (Å²) in [6, 6.07) is 10.4. The fraction of sp³-hybridized carbons (Fsp3) is 0.235. The molecule has 0 saturated carbocycles. The van der Waals surface area contributed by atoms with Gasteiger partial charge in [-0.25, -0.2) is 4.39 Å². The molecular formula is C17H16BrFN2O3S2. The normalized spacial score (nSPS) is 12.8. The minimum atomic E-state index is -3.95. The summed E-state index contributed by atoms with van der Waals surface area (Å²) in [5, 5.41) is 0. The molecule has 0 saturated heterocycles. The number of fused-ring (bicyclic) bond motifs is 1. The van der Waals surface area contributed by atoms with Gasteiger partial charge in [0, 0.05) is 17.6 Å². The van der Waals surface area contributed by atoms with Gasteiger partial charge in [0.05, 0.1) is 21.7 Å². The molecule has 1 aromatic heterocycles. The number of thiazole rings is 1. The van der Waals surface area contributed by atoms with Gasteiger partial charge < -0.3 is 9.30 Å². The molecule has 3 rings (SSSR count). The van der Waals surface area contributed by atoms with E-state index in [1.165, 1.54) is 23.5 Å². The van der Waals surface area contributed by atoms with Crippen LogP contribution in [0.5, 0.6) is 0 Å². The average Bonchev–Trinajstić information content (AvgIpc) is 2.91. The minimum Gasteiger partial charge on any atom is -0.380 e. The summed E-state index contributed by atoms with van der Waals surface area (Å²) in [5.41, 5.74) is 0.881. The molecule has 9 heteroatoms. The highest BCUT2D eigenvalue weighted by Crippen LogP contribution is 2.23. The second kappa shape index (κ2) is 7.99. The molecule has 0 atom stereocenters. The van der Waals surface area contributed by atoms with Crippen LogP contribution in [0.1, 0.15) is 6.92 Å². The van der Waals surface area contributed by atoms with Gasteiger partial charge in [0.2, 0.25) is 4.80 Å². The van der Waals surface area contributed by atoms with Gasteiger partial charge in [-0.2, -0.15) is 8.42 Å². The largest absolute Gasteiger partial charge is 0.380 e. The molecule has 0 radical (unpaired) electrons. The van der Waals surface area contributed by atoms with E-state index in [-0.39, 0.29) is 4.90 Å². The third kappa shape index (κ3) is 4.22. The van der Waals surface area contributed by atoms with E-state index in [0.717, 1.165) is 26.8 Å². The molecule has 138 valence electrons. The zero-order valence-corrected chi connectivity index (χ0v) is 17.1. The molecule has 0 aliphatic heterocycles. The highest BCUT2D eigenvalue weighted by atomic mass is 79.9. The van der Waals surface area contributed by atoms with Crippen molar-refractivity contribution < 1.29 is 17.5 Å². The van der Waals surface area contributed by atoms with Crippen LogP contribution < -0.4 is 4.80 Å². The van der Waals surface area contributed by atoms with Crippen LogP contribution in [0.15, 0.2) is 56.2 Å². The predicted molar refractivity (Wildman–Crippen MR) is 103 cm³/mol. The summed E-state index contributed by atoms with van der Waals surface area (Å²) in [6.45, 7) is 3.40. The number of nitrogens with zero attached hydrogens (tertiary/aromatic N) is 2. The van der Waals surface area contributed by atoms with Crippen LogP contribution >= 0.6 is 27.3 Å². The van der Waals surface area contributed by atoms with E-state index in [1.54, 1.807) is 0 Å². The quantitative estimate of drug-likeness (QED) is 0.525. The molecule has 0 aliphatic carbocycles. The Kier molecular flexibility index (Phi) is 5.91. The van der Waals surface area contributed by atoms with Crippen LogP contribution in [0.3, 0.4) is 0 Å². The molecule has 0 amide bonds. The number of aromatic nitrogens is 1. The average molecular weight is 459 g/mol. The van der Waals surface area contributed by atoms with Gasteiger partial charge in [-0.1, -0.05) is 27.3 Å². The van der Waals surface area contributed by atoms with Gasteiger partial charge in [0.25, 0.3) is 10.0 Å². The number of rotatable bonds is 6. The van der Waals surface area contributed by atoms with Crippen molar-refractivity contribution in [1.29, 1.82) is 0 Å². The van der Waals surface area contributed by atoms with E-state index in [2.05, 4.69) is 20.3 Å². The molecule has 0 fully saturated rings. The Hall–Kier alpha value is -1.55. The topological polar surface area (TPSA) is 60.7 Å². The first-order chi connectivity index (χ1) is 12.4. The highest BCUT2D eigenvalue weighted by molar-refractivity contribution is 9.10. The van der Waals surface area contributed by atoms with Crippen LogP contribution in [-0.4, -0.2) is 26.2 Å². The van der Waals surface area contributed by atoms with Gasteiger partial charge in [0.15, 0.2) is 0 Å². The number of ether oxygens (including phenoxy) is 1. The van der Waals surface area contributed by atoms with Crippen molar-refractivity contribution in [1.82, 2.24) is 4.57 Å². The molecule has 1 heterocycles. The van der Waals surface area contributed by atoms with Crippen LogP contribution in [0.2, 0.25) is 0 Å². The van der Waals surface area contributed by atoms with Gasteiger partial charge in [0.1, 0.15) is 5.82 Å². The molecule has 0 bridgehead atoms. The lowest BCUT2D eigenvalue weighted by atomic mass is 10.3. The molecule has 5 nitrogen and oxygen atoms in total. The van der Waals surface area contributed by atoms with Crippen LogP contribution in [0, 0.1) is 5.82 Å². The van der Waals surface area contributed by atoms with Crippen molar-refractivity contribution in [3.63, 3.8) is 0 Å². The van der Waals surface area contributed by atoms with Crippen molar-refractivity contribution in [3.05, 3.63) is 57.6 Å². The minimum absolute atomic E-state index is 0.0473. The predicted octanol–water partition coefficient (Wildman–Crippen LogP) is 3.93. The van der Waals surface area contributed by atoms with E-state index in [9.17, 15) is 12.8 Å². The van der Waals surface area contributed by atoms with Crippen molar-refractivity contribution in [2.75, 3.05) is 13.2 Å². The van der Waals surface area contributed by atoms with Gasteiger partial charge in [-0.3, -0.25) is 0 Å². The fourth-order valence-electron chi connectivity index (χ4n) is 2.40. The Labute approximate surface area is 163 Å². The molecular weight excluding hydrogens is 443 g/mol. The summed E-state index contributed by atoms with van der Waals surface area (Å²) in [4.78, 5) is 0.302. The lowest BCUT2D eigenvalue weighted by Gasteiger charge is -2.05. The van der Waals surface area contributed by atoms with E-state index in [4.69, 9.17) is 4.74 Å². The maximum absolute atomic E-state index is 13.1. The Bertz CT molecular complexity index is 1090. The second-order valence-electron chi connectivity index (χ2n) is 5.37. The lowest BCUT2D eigenvalue weighted by Crippen LogP contribution is -2.19. The van der Waals surface area contributed by atoms with Crippen molar-refractivity contribution in [2.45, 2.75) is 18.4 Å². The SMILES string of the molecule is CCOCCn1c(=NS(=O)(=O)c2ccc(F)cc2)sc2cc(Br)ccc21. The van der Waals surface area contributed by atoms with Gasteiger partial charge >= 0.3 is 0 Å². The van der Waals surface area contributed by atoms with Crippen molar-refractivity contribution in [2.24, 2.45) is 4.40 Å². The zero-order chi connectivity index (χ0) is 18.7. The van der Waals surface area contributed by atoms with E-state index in [0.29, 0.717) is 24.6 Å². The number of sulfonamides is 1. The summed E-state index contributed by atoms with van der Waals surface area (Å²) < 4.78 is 51.3. The highest BCUT2D eigenvalue weighted by Gasteiger charge is 2.15. The Balaban J connectivity index is 2.14. The number of halogens is 2. The van der Waals surface area contributed by atoms with Crippen LogP contribution in [-0.2, 0) is 21.3 Å². The monoisotopic (exact) mass is 458 g/mol. The first kappa shape index (κ1) is 19.2. The third-order valence-electron chi connectivity index (χ3n) is 3.62. The summed E-state index contributed by atoms with van der Waals surface area (Å²) in [7, 11) is -3.95. The maximum Gasteiger partial charge on any atom is 0.285 e. The van der Waals surface area contributed by atoms with Crippen molar-refractivity contribution in [3.8, 4) is 0 Å². The number of hydrogen-bond donors (Lipinski definition) is 0. The van der Waals surface area contributed by atoms with Gasteiger partial charge in [-0.05, 0) is 49.4 Å². The van der Waals surface area contributed by atoms with Crippen molar-refractivity contribution >= 4 is 47.5 Å². The lowest BCUT2D eigenvalue weighted by molar-refractivity contribution is 0.139. The molecule has 0 spiro atoms. The van der Waals surface area contributed by atoms with E-state index >= 15 is 0 Å². The van der Waals surface area contributed by atoms with E-state index in [1.807, 2.05) is 29.7 Å². The molecule has 0 unspecified atom stereocenters. The number of hydrogen-bond acceptors (Lipinski definition) is 4. The fourth-order valence-corrected chi connectivity index (χ4v) is 5.21. The second-order valence-corrected chi connectivity index (χ2v) is 8.89. The van der Waals surface area contributed by atoms with E-state index < -0.39 is 15.8 Å². The zero-order valence-electron chi connectivity index (χ0n) is 13.9. The Morgan fingerprint density at radius 3 is 2.65 bits per heavy atom. The molecule has 0 N–H and O–H groups in total. The van der Waals surface area contributed by atoms with Gasteiger partial charge in [-0.15, -0.1) is 4.40 Å². The number of benzene rings is 2. The van der Waals surface area contributed by atoms with Crippen LogP contribution in [0.4, 0.5) is 4.39 Å². The summed E-state index contributed by atoms with van der Waals surface area (Å²) >= 11 is 4.70.